The predicted molar refractivity (Wildman–Crippen MR) is 144 cm³/mol. The summed E-state index contributed by atoms with van der Waals surface area (Å²) < 4.78 is 55.8. The molecule has 1 saturated heterocycles. The normalized spacial score (nSPS) is 19.0. The van der Waals surface area contributed by atoms with E-state index in [4.69, 9.17) is 5.14 Å². The van der Waals surface area contributed by atoms with Crippen molar-refractivity contribution < 1.29 is 16.8 Å². The second-order valence-corrected chi connectivity index (χ2v) is 15.0. The zero-order chi connectivity index (χ0) is 26.3. The monoisotopic (exact) mass is 535 g/mol. The summed E-state index contributed by atoms with van der Waals surface area (Å²) in [6, 6.07) is 7.14. The molecule has 2 fully saturated rings. The number of hydrogen-bond acceptors (Lipinski definition) is 4. The van der Waals surface area contributed by atoms with Crippen LogP contribution in [0, 0.1) is 12.8 Å². The molecular formula is C27H41N3O4S2. The minimum atomic E-state index is -3.89. The van der Waals surface area contributed by atoms with Gasteiger partial charge in [0.1, 0.15) is 4.90 Å². The van der Waals surface area contributed by atoms with E-state index in [2.05, 4.69) is 4.57 Å². The highest BCUT2D eigenvalue weighted by molar-refractivity contribution is 7.89. The molecule has 200 valence electrons. The average Bonchev–Trinajstić information content (AvgIpc) is 3.16. The first kappa shape index (κ1) is 27.4. The zero-order valence-electron chi connectivity index (χ0n) is 22.1. The molecule has 0 unspecified atom stereocenters. The molecule has 2 N–H and O–H groups in total. The lowest BCUT2D eigenvalue weighted by atomic mass is 9.85. The maximum absolute atomic E-state index is 13.6. The molecular weight excluding hydrogens is 494 g/mol. The number of primary sulfonamides is 1. The molecule has 1 saturated carbocycles. The summed E-state index contributed by atoms with van der Waals surface area (Å²) >= 11 is 0. The van der Waals surface area contributed by atoms with Crippen molar-refractivity contribution in [3.63, 3.8) is 0 Å². The number of aromatic nitrogens is 1. The van der Waals surface area contributed by atoms with E-state index in [1.165, 1.54) is 19.3 Å². The van der Waals surface area contributed by atoms with Gasteiger partial charge in [-0.05, 0) is 73.3 Å². The van der Waals surface area contributed by atoms with Gasteiger partial charge >= 0.3 is 0 Å². The molecule has 0 atom stereocenters. The Balaban J connectivity index is 1.85. The van der Waals surface area contributed by atoms with Crippen LogP contribution in [0.5, 0.6) is 0 Å². The molecule has 9 heteroatoms. The molecule has 1 aromatic heterocycles. The van der Waals surface area contributed by atoms with E-state index in [9.17, 15) is 16.8 Å². The third-order valence-corrected chi connectivity index (χ3v) is 10.8. The van der Waals surface area contributed by atoms with Crippen LogP contribution in [0.4, 0.5) is 0 Å². The van der Waals surface area contributed by atoms with Gasteiger partial charge in [0.25, 0.3) is 0 Å². The molecule has 7 nitrogen and oxygen atoms in total. The van der Waals surface area contributed by atoms with Gasteiger partial charge in [-0.25, -0.2) is 22.0 Å². The Morgan fingerprint density at radius 2 is 1.50 bits per heavy atom. The van der Waals surface area contributed by atoms with E-state index < -0.39 is 25.5 Å². The summed E-state index contributed by atoms with van der Waals surface area (Å²) in [5.74, 6) is 0.484. The molecule has 2 aromatic rings. The van der Waals surface area contributed by atoms with Crippen LogP contribution in [0.2, 0.25) is 0 Å². The second kappa shape index (κ2) is 10.2. The molecule has 0 bridgehead atoms. The van der Waals surface area contributed by atoms with Crippen molar-refractivity contribution >= 4 is 20.0 Å². The minimum Gasteiger partial charge on any atom is -0.343 e. The highest BCUT2D eigenvalue weighted by Gasteiger charge is 2.32. The molecule has 0 amide bonds. The van der Waals surface area contributed by atoms with Crippen molar-refractivity contribution in [1.82, 2.24) is 8.87 Å². The highest BCUT2D eigenvalue weighted by atomic mass is 32.2. The maximum atomic E-state index is 13.6. The van der Waals surface area contributed by atoms with Crippen LogP contribution in [0.1, 0.15) is 83.4 Å². The van der Waals surface area contributed by atoms with Gasteiger partial charge < -0.3 is 4.57 Å². The van der Waals surface area contributed by atoms with E-state index in [1.807, 2.05) is 39.8 Å². The van der Waals surface area contributed by atoms with E-state index in [1.54, 1.807) is 16.4 Å². The van der Waals surface area contributed by atoms with Crippen LogP contribution in [-0.2, 0) is 32.0 Å². The van der Waals surface area contributed by atoms with Crippen LogP contribution >= 0.6 is 0 Å². The van der Waals surface area contributed by atoms with Crippen molar-refractivity contribution in [2.75, 3.05) is 13.1 Å². The lowest BCUT2D eigenvalue weighted by molar-refractivity contribution is 0.318. The summed E-state index contributed by atoms with van der Waals surface area (Å²) in [5, 5.41) is 5.59. The number of benzene rings is 1. The lowest BCUT2D eigenvalue weighted by Crippen LogP contribution is -2.36. The SMILES string of the molecule is Cc1c(S(N)(=O)=O)cc(-c2ccc(S(=O)(=O)N3CCCCC3)c(C(C)(C)C)c2)n1CC1CCCCC1. The van der Waals surface area contributed by atoms with Crippen molar-refractivity contribution in [2.45, 2.75) is 101 Å². The van der Waals surface area contributed by atoms with Crippen LogP contribution < -0.4 is 5.14 Å². The summed E-state index contributed by atoms with van der Waals surface area (Å²) in [5.41, 5.74) is 2.54. The van der Waals surface area contributed by atoms with Gasteiger partial charge in [-0.1, -0.05) is 52.5 Å². The number of piperidine rings is 1. The van der Waals surface area contributed by atoms with Crippen molar-refractivity contribution in [2.24, 2.45) is 11.1 Å². The molecule has 0 spiro atoms. The maximum Gasteiger partial charge on any atom is 0.243 e. The van der Waals surface area contributed by atoms with E-state index in [0.717, 1.165) is 55.5 Å². The molecule has 1 aromatic carbocycles. The van der Waals surface area contributed by atoms with Gasteiger partial charge in [-0.2, -0.15) is 4.31 Å². The molecule has 0 radical (unpaired) electrons. The summed E-state index contributed by atoms with van der Waals surface area (Å²) in [7, 11) is -7.51. The van der Waals surface area contributed by atoms with E-state index >= 15 is 0 Å². The minimum absolute atomic E-state index is 0.135. The Hall–Kier alpha value is -1.68. The molecule has 1 aliphatic heterocycles. The number of rotatable bonds is 6. The number of nitrogens with zero attached hydrogens (tertiary/aromatic N) is 2. The van der Waals surface area contributed by atoms with Crippen LogP contribution in [0.15, 0.2) is 34.1 Å². The standard InChI is InChI=1S/C27H41N3O4S2/c1-20-26(35(28,31)32)18-24(30(20)19-21-11-7-5-8-12-21)22-13-14-25(23(17-22)27(2,3)4)36(33,34)29-15-9-6-10-16-29/h13-14,17-18,21H,5-12,15-16,19H2,1-4H3,(H2,28,31,32). The van der Waals surface area contributed by atoms with Gasteiger partial charge in [-0.3, -0.25) is 0 Å². The van der Waals surface area contributed by atoms with Crippen LogP contribution in [0.3, 0.4) is 0 Å². The van der Waals surface area contributed by atoms with Crippen molar-refractivity contribution in [1.29, 1.82) is 0 Å². The first-order chi connectivity index (χ1) is 16.8. The first-order valence-corrected chi connectivity index (χ1v) is 16.2. The largest absolute Gasteiger partial charge is 0.343 e. The number of hydrogen-bond donors (Lipinski definition) is 1. The van der Waals surface area contributed by atoms with Gasteiger partial charge in [0.15, 0.2) is 0 Å². The third kappa shape index (κ3) is 5.59. The number of nitrogens with two attached hydrogens (primary N) is 1. The van der Waals surface area contributed by atoms with Crippen LogP contribution in [-0.4, -0.2) is 38.8 Å². The number of sulfonamides is 2. The van der Waals surface area contributed by atoms with Gasteiger partial charge in [0, 0.05) is 31.0 Å². The molecule has 2 heterocycles. The third-order valence-electron chi connectivity index (χ3n) is 7.81. The first-order valence-electron chi connectivity index (χ1n) is 13.2. The lowest BCUT2D eigenvalue weighted by Gasteiger charge is -2.30. The summed E-state index contributed by atoms with van der Waals surface area (Å²) in [6.07, 6.45) is 8.71. The van der Waals surface area contributed by atoms with Gasteiger partial charge in [0.2, 0.25) is 20.0 Å². The fourth-order valence-corrected chi connectivity index (χ4v) is 8.45. The van der Waals surface area contributed by atoms with Gasteiger partial charge in [-0.15, -0.1) is 0 Å². The van der Waals surface area contributed by atoms with Crippen molar-refractivity contribution in [3.05, 3.63) is 35.5 Å². The quantitative estimate of drug-likeness (QED) is 0.552. The summed E-state index contributed by atoms with van der Waals surface area (Å²) in [4.78, 5) is 0.477. The molecule has 1 aliphatic carbocycles. The Morgan fingerprint density at radius 3 is 2.08 bits per heavy atom. The van der Waals surface area contributed by atoms with E-state index in [0.29, 0.717) is 29.6 Å². The average molecular weight is 536 g/mol. The Labute approximate surface area is 217 Å². The fraction of sp³-hybridized carbons (Fsp3) is 0.630. The zero-order valence-corrected chi connectivity index (χ0v) is 23.7. The molecule has 4 rings (SSSR count). The Morgan fingerprint density at radius 1 is 0.889 bits per heavy atom. The summed E-state index contributed by atoms with van der Waals surface area (Å²) in [6.45, 7) is 9.70. The Kier molecular flexibility index (Phi) is 7.78. The van der Waals surface area contributed by atoms with Crippen LogP contribution in [0.25, 0.3) is 11.3 Å². The topological polar surface area (TPSA) is 102 Å². The van der Waals surface area contributed by atoms with E-state index in [-0.39, 0.29) is 4.90 Å². The highest BCUT2D eigenvalue weighted by Crippen LogP contribution is 2.38. The smallest absolute Gasteiger partial charge is 0.243 e. The second-order valence-electron chi connectivity index (χ2n) is 11.6. The molecule has 36 heavy (non-hydrogen) atoms. The predicted octanol–water partition coefficient (Wildman–Crippen LogP) is 5.16. The van der Waals surface area contributed by atoms with Gasteiger partial charge in [0.05, 0.1) is 4.90 Å². The van der Waals surface area contributed by atoms with Crippen molar-refractivity contribution in [3.8, 4) is 11.3 Å². The Bertz CT molecular complexity index is 1310. The fourth-order valence-electron chi connectivity index (χ4n) is 5.76. The molecule has 2 aliphatic rings.